The molecule has 0 amide bonds. The molecule has 1 aromatic heterocycles. The van der Waals surface area contributed by atoms with Crippen LogP contribution in [0.5, 0.6) is 34.5 Å². The van der Waals surface area contributed by atoms with Crippen molar-refractivity contribution in [3.63, 3.8) is 0 Å². The van der Waals surface area contributed by atoms with E-state index in [0.29, 0.717) is 57.4 Å². The number of nitrogens with zero attached hydrogens (tertiary/aromatic N) is 6. The first-order valence-electron chi connectivity index (χ1n) is 28.2. The predicted molar refractivity (Wildman–Crippen MR) is 336 cm³/mol. The number of carbonyl (C=O) groups is 1. The van der Waals surface area contributed by atoms with Crippen molar-refractivity contribution in [1.82, 2.24) is 9.55 Å². The first-order valence-corrected chi connectivity index (χ1v) is 28.2. The van der Waals surface area contributed by atoms with Crippen LogP contribution < -0.4 is 28.4 Å². The average molecular weight is 1130 g/mol. The van der Waals surface area contributed by atoms with E-state index in [1.807, 2.05) is 146 Å². The van der Waals surface area contributed by atoms with E-state index >= 15 is 0 Å². The Morgan fingerprint density at radius 3 is 1.21 bits per heavy atom. The molecule has 3 spiro atoms. The molecular weight excluding hydrogens is 1070 g/mol. The van der Waals surface area contributed by atoms with Crippen LogP contribution in [0.15, 0.2) is 238 Å². The van der Waals surface area contributed by atoms with Gasteiger partial charge in [0.05, 0.1) is 76.9 Å². The Hall–Kier alpha value is -10.9. The third-order valence-electron chi connectivity index (χ3n) is 17.2. The lowest BCUT2D eigenvalue weighted by atomic mass is 9.68. The molecule has 0 fully saturated rings. The number of rotatable bonds is 12. The van der Waals surface area contributed by atoms with Crippen LogP contribution in [0.2, 0.25) is 0 Å². The standard InChI is InChI=1S/C73H54N6O7/c1-81-51-24-11-44(12-25-51)64-65(45-13-26-52(82-2)27-14-45)76-72(75-64)60-36-23-43-9-7-8-10-57(43)63(60)58-41-59-61(42-62(58)73(72)77-66(46-15-28-53(83-3)29-16-46)67(78-73)47-17-30-54(84-4)31-18-47)71(39-37-50(80)38-40-71)79-69(49-21-34-56(86-6)35-22-49)68(74-70(59)79)48-19-32-55(85-5)33-20-48/h7-42H,1-6H3. The molecule has 0 N–H and O–H groups in total. The van der Waals surface area contributed by atoms with Gasteiger partial charge in [-0.2, -0.15) is 0 Å². The van der Waals surface area contributed by atoms with Gasteiger partial charge in [-0.05, 0) is 209 Å². The van der Waals surface area contributed by atoms with E-state index in [2.05, 4.69) is 65.2 Å². The van der Waals surface area contributed by atoms with Crippen molar-refractivity contribution < 1.29 is 33.2 Å². The quantitative estimate of drug-likeness (QED) is 0.118. The highest BCUT2D eigenvalue weighted by molar-refractivity contribution is 6.56. The van der Waals surface area contributed by atoms with Gasteiger partial charge in [-0.1, -0.05) is 36.4 Å². The Balaban J connectivity index is 1.11. The van der Waals surface area contributed by atoms with Crippen molar-refractivity contribution in [3.8, 4) is 79.5 Å². The minimum atomic E-state index is -1.69. The highest BCUT2D eigenvalue weighted by Crippen LogP contribution is 2.64. The van der Waals surface area contributed by atoms with Gasteiger partial charge in [0, 0.05) is 50.1 Å². The number of benzene rings is 9. The van der Waals surface area contributed by atoms with Crippen LogP contribution in [0.4, 0.5) is 0 Å². The van der Waals surface area contributed by atoms with Crippen molar-refractivity contribution >= 4 is 39.4 Å². The fraction of sp³-hybridized carbons (Fsp3) is 0.123. The molecule has 0 unspecified atom stereocenters. The molecule has 418 valence electrons. The number of allylic oxidation sites excluding steroid dienone is 4. The summed E-state index contributed by atoms with van der Waals surface area (Å²) in [6.45, 7) is 0. The number of fused-ring (bicyclic) bond motifs is 13. The normalized spacial score (nSPS) is 15.8. The number of ether oxygens (including phenoxy) is 6. The number of methoxy groups -OCH3 is 6. The van der Waals surface area contributed by atoms with Crippen molar-refractivity contribution in [2.75, 3.05) is 42.7 Å². The number of carbonyl (C=O) groups excluding carboxylic acids is 1. The monoisotopic (exact) mass is 1130 g/mol. The fourth-order valence-corrected chi connectivity index (χ4v) is 13.0. The molecule has 13 heteroatoms. The molecular formula is C73H54N6O7. The molecule has 0 atom stereocenters. The van der Waals surface area contributed by atoms with Gasteiger partial charge < -0.3 is 33.0 Å². The first-order chi connectivity index (χ1) is 42.1. The number of hydrogen-bond donors (Lipinski definition) is 0. The third kappa shape index (κ3) is 7.70. The van der Waals surface area contributed by atoms with E-state index in [1.54, 1.807) is 54.8 Å². The minimum Gasteiger partial charge on any atom is -0.497 e. The van der Waals surface area contributed by atoms with E-state index < -0.39 is 16.9 Å². The second kappa shape index (κ2) is 19.9. The van der Waals surface area contributed by atoms with Gasteiger partial charge in [0.1, 0.15) is 45.9 Å². The number of ketones is 1. The number of aliphatic imine (C=N–C) groups is 4. The Kier molecular flexibility index (Phi) is 12.0. The van der Waals surface area contributed by atoms with E-state index in [0.717, 1.165) is 94.7 Å². The Labute approximate surface area is 496 Å². The molecule has 0 saturated carbocycles. The Bertz CT molecular complexity index is 4490. The van der Waals surface area contributed by atoms with E-state index in [1.165, 1.54) is 0 Å². The Morgan fingerprint density at radius 1 is 0.384 bits per heavy atom. The van der Waals surface area contributed by atoms with Crippen molar-refractivity contribution in [2.24, 2.45) is 20.0 Å². The highest BCUT2D eigenvalue weighted by atomic mass is 16.5. The van der Waals surface area contributed by atoms with Crippen LogP contribution in [-0.4, -0.2) is 80.8 Å². The zero-order valence-electron chi connectivity index (χ0n) is 47.8. The van der Waals surface area contributed by atoms with Crippen LogP contribution in [0.1, 0.15) is 38.9 Å². The van der Waals surface area contributed by atoms with E-state index in [9.17, 15) is 4.79 Å². The minimum absolute atomic E-state index is 0.133. The molecule has 13 nitrogen and oxygen atoms in total. The van der Waals surface area contributed by atoms with Crippen molar-refractivity contribution in [1.29, 1.82) is 0 Å². The maximum absolute atomic E-state index is 13.7. The summed E-state index contributed by atoms with van der Waals surface area (Å²) in [5.41, 5.74) is 9.73. The number of imidazole rings is 1. The Morgan fingerprint density at radius 2 is 0.779 bits per heavy atom. The third-order valence-corrected chi connectivity index (χ3v) is 17.2. The lowest BCUT2D eigenvalue weighted by Gasteiger charge is -2.44. The van der Waals surface area contributed by atoms with Gasteiger partial charge in [-0.15, -0.1) is 0 Å². The largest absolute Gasteiger partial charge is 0.497 e. The maximum Gasteiger partial charge on any atom is 0.227 e. The smallest absolute Gasteiger partial charge is 0.227 e. The topological polar surface area (TPSA) is 140 Å². The summed E-state index contributed by atoms with van der Waals surface area (Å²) in [5, 5.41) is 2.01. The number of hydrogen-bond acceptors (Lipinski definition) is 12. The van der Waals surface area contributed by atoms with Crippen LogP contribution in [0.25, 0.3) is 55.8 Å². The van der Waals surface area contributed by atoms with Gasteiger partial charge >= 0.3 is 0 Å². The van der Waals surface area contributed by atoms with Crippen LogP contribution in [0, 0.1) is 0 Å². The summed E-state index contributed by atoms with van der Waals surface area (Å²) in [4.78, 5) is 44.0. The van der Waals surface area contributed by atoms with Gasteiger partial charge in [-0.3, -0.25) is 4.79 Å². The fourth-order valence-electron chi connectivity index (χ4n) is 13.0. The number of aromatic nitrogens is 2. The lowest BCUT2D eigenvalue weighted by molar-refractivity contribution is -0.110. The molecule has 0 saturated heterocycles. The second-order valence-electron chi connectivity index (χ2n) is 21.6. The van der Waals surface area contributed by atoms with Crippen LogP contribution in [0.3, 0.4) is 0 Å². The predicted octanol–water partition coefficient (Wildman–Crippen LogP) is 13.8. The molecule has 2 aliphatic carbocycles. The second-order valence-corrected chi connectivity index (χ2v) is 21.6. The zero-order valence-corrected chi connectivity index (χ0v) is 47.8. The van der Waals surface area contributed by atoms with Gasteiger partial charge in [-0.25, -0.2) is 25.0 Å². The van der Waals surface area contributed by atoms with Gasteiger partial charge in [0.2, 0.25) is 11.3 Å². The summed E-state index contributed by atoms with van der Waals surface area (Å²) in [6.07, 6.45) is 7.32. The molecule has 4 heterocycles. The van der Waals surface area contributed by atoms with Crippen molar-refractivity contribution in [3.05, 3.63) is 257 Å². The molecule has 10 aromatic rings. The van der Waals surface area contributed by atoms with Crippen LogP contribution >= 0.6 is 0 Å². The van der Waals surface area contributed by atoms with Gasteiger partial charge in [0.25, 0.3) is 0 Å². The summed E-state index contributed by atoms with van der Waals surface area (Å²) < 4.78 is 36.6. The molecule has 3 aliphatic heterocycles. The van der Waals surface area contributed by atoms with Crippen LogP contribution in [-0.2, 0) is 21.7 Å². The molecule has 15 rings (SSSR count). The maximum atomic E-state index is 13.7. The first kappa shape index (κ1) is 51.9. The summed E-state index contributed by atoms with van der Waals surface area (Å²) in [5.74, 6) is 4.79. The van der Waals surface area contributed by atoms with Crippen molar-refractivity contribution in [2.45, 2.75) is 16.9 Å². The summed E-state index contributed by atoms with van der Waals surface area (Å²) in [7, 11) is 9.96. The summed E-state index contributed by atoms with van der Waals surface area (Å²) in [6, 6.07) is 65.0. The molecule has 5 aliphatic rings. The van der Waals surface area contributed by atoms with E-state index in [4.69, 9.17) is 53.4 Å². The highest BCUT2D eigenvalue weighted by Gasteiger charge is 2.65. The lowest BCUT2D eigenvalue weighted by Crippen LogP contribution is -2.46. The molecule has 86 heavy (non-hydrogen) atoms. The summed E-state index contributed by atoms with van der Waals surface area (Å²) >= 11 is 0. The molecule has 0 radical (unpaired) electrons. The van der Waals surface area contributed by atoms with E-state index in [-0.39, 0.29) is 5.78 Å². The van der Waals surface area contributed by atoms with Gasteiger partial charge in [0.15, 0.2) is 5.78 Å². The zero-order chi connectivity index (χ0) is 58.5. The molecule has 0 bridgehead atoms. The molecule has 9 aromatic carbocycles. The average Bonchev–Trinajstić information content (AvgIpc) is 1.42. The SMILES string of the molecule is COc1ccc(C2=NC3(N=C2c2ccc(OC)cc2)c2cc4c(cc2-c2c(ccc5ccccc25)C32N=C(c3ccc(OC)cc3)C(c3ccc(OC)cc3)=N2)-c2nc(-c3ccc(OC)cc3)c(-c3ccc(OC)cc3)n2C42C=CC(=O)C=C2)cc1.